The Morgan fingerprint density at radius 1 is 1.03 bits per heavy atom. The number of oxazole rings is 1. The fourth-order valence-electron chi connectivity index (χ4n) is 3.89. The van der Waals surface area contributed by atoms with E-state index in [1.807, 2.05) is 12.1 Å². The Morgan fingerprint density at radius 3 is 2.44 bits per heavy atom. The molecular weight excluding hydrogens is 438 g/mol. The van der Waals surface area contributed by atoms with Crippen molar-refractivity contribution in [3.63, 3.8) is 0 Å². The van der Waals surface area contributed by atoms with E-state index in [1.54, 1.807) is 6.07 Å². The summed E-state index contributed by atoms with van der Waals surface area (Å²) in [5, 5.41) is 12.9. The van der Waals surface area contributed by atoms with Crippen LogP contribution in [0, 0.1) is 6.92 Å². The van der Waals surface area contributed by atoms with Crippen LogP contribution in [0.25, 0.3) is 11.3 Å². The average molecular weight is 456 g/mol. The summed E-state index contributed by atoms with van der Waals surface area (Å²) in [6, 6.07) is 7.25. The molecule has 1 unspecified atom stereocenters. The number of hydrogen-bond acceptors (Lipinski definition) is 4. The molecule has 10 heteroatoms. The molecule has 1 aromatic heterocycles. The Morgan fingerprint density at radius 2 is 1.75 bits per heavy atom. The van der Waals surface area contributed by atoms with Crippen LogP contribution < -0.4 is 5.32 Å². The zero-order chi connectivity index (χ0) is 23.3. The highest BCUT2D eigenvalue weighted by Crippen LogP contribution is 2.42. The van der Waals surface area contributed by atoms with E-state index in [1.165, 1.54) is 6.92 Å². The highest BCUT2D eigenvalue weighted by Gasteiger charge is 2.43. The first-order valence-electron chi connectivity index (χ1n) is 9.75. The maximum atomic E-state index is 13.3. The van der Waals surface area contributed by atoms with Gasteiger partial charge < -0.3 is 14.8 Å². The Bertz CT molecular complexity index is 1150. The lowest BCUT2D eigenvalue weighted by atomic mass is 9.88. The first kappa shape index (κ1) is 22.2. The van der Waals surface area contributed by atoms with Crippen molar-refractivity contribution in [3.05, 3.63) is 64.3 Å². The summed E-state index contributed by atoms with van der Waals surface area (Å²) >= 11 is 0. The quantitative estimate of drug-likeness (QED) is 0.456. The third kappa shape index (κ3) is 4.32. The summed E-state index contributed by atoms with van der Waals surface area (Å²) < 4.78 is 84.5. The number of aliphatic hydroxyl groups excluding tert-OH is 1. The molecule has 32 heavy (non-hydrogen) atoms. The molecule has 0 bridgehead atoms. The zero-order valence-electron chi connectivity index (χ0n) is 16.7. The highest BCUT2D eigenvalue weighted by atomic mass is 19.4. The van der Waals surface area contributed by atoms with Crippen molar-refractivity contribution in [1.29, 1.82) is 0 Å². The van der Waals surface area contributed by atoms with Crippen molar-refractivity contribution < 1.29 is 35.9 Å². The molecule has 0 saturated heterocycles. The van der Waals surface area contributed by atoms with Crippen LogP contribution in [0.5, 0.6) is 0 Å². The molecule has 1 aliphatic rings. The third-order valence-corrected chi connectivity index (χ3v) is 5.39. The van der Waals surface area contributed by atoms with E-state index < -0.39 is 29.6 Å². The van der Waals surface area contributed by atoms with Gasteiger partial charge in [0.15, 0.2) is 5.76 Å². The van der Waals surface area contributed by atoms with E-state index in [4.69, 9.17) is 4.42 Å². The van der Waals surface area contributed by atoms with E-state index in [9.17, 15) is 31.4 Å². The maximum absolute atomic E-state index is 13.3. The molecule has 2 aromatic carbocycles. The number of halogens is 6. The van der Waals surface area contributed by atoms with Gasteiger partial charge in [-0.25, -0.2) is 0 Å². The number of nitrogens with one attached hydrogen (secondary N) is 1. The molecule has 0 fully saturated rings. The molecule has 0 saturated carbocycles. The van der Waals surface area contributed by atoms with Crippen LogP contribution >= 0.6 is 0 Å². The van der Waals surface area contributed by atoms with Gasteiger partial charge in [-0.2, -0.15) is 31.3 Å². The number of alkyl halides is 6. The van der Waals surface area contributed by atoms with E-state index in [0.717, 1.165) is 17.2 Å². The second-order valence-corrected chi connectivity index (χ2v) is 7.65. The fraction of sp³-hybridized carbons (Fsp3) is 0.318. The molecule has 0 aliphatic heterocycles. The minimum absolute atomic E-state index is 0.0144. The van der Waals surface area contributed by atoms with Gasteiger partial charge in [0.2, 0.25) is 0 Å². The zero-order valence-corrected chi connectivity index (χ0v) is 16.7. The van der Waals surface area contributed by atoms with Gasteiger partial charge in [0.05, 0.1) is 22.9 Å². The molecule has 1 aliphatic carbocycles. The molecular formula is C22H18F6N2O2. The van der Waals surface area contributed by atoms with Crippen LogP contribution in [0.1, 0.15) is 34.4 Å². The number of nitrogens with zero attached hydrogens (tertiary/aromatic N) is 1. The third-order valence-electron chi connectivity index (χ3n) is 5.39. The monoisotopic (exact) mass is 456 g/mol. The van der Waals surface area contributed by atoms with Crippen molar-refractivity contribution >= 4 is 11.7 Å². The molecule has 0 spiro atoms. The van der Waals surface area contributed by atoms with Gasteiger partial charge in [-0.3, -0.25) is 0 Å². The standard InChI is InChI=1S/C22H18F6N2O2/c1-11-19(13-6-8-16(21(23,24)25)17(9-13)22(26,27)28)32-20(29-11)30-18-4-2-3-12-5-7-14(31)10-15(12)18/h2-4,6,8-9,14,31H,5,7,10H2,1H3,(H,29,30). The van der Waals surface area contributed by atoms with Crippen molar-refractivity contribution in [2.24, 2.45) is 0 Å². The number of benzene rings is 2. The minimum Gasteiger partial charge on any atom is -0.423 e. The minimum atomic E-state index is -5.19. The Kier molecular flexibility index (Phi) is 5.44. The Balaban J connectivity index is 1.70. The second kappa shape index (κ2) is 7.84. The molecule has 0 radical (unpaired) electrons. The van der Waals surface area contributed by atoms with Crippen LogP contribution in [0.2, 0.25) is 0 Å². The number of fused-ring (bicyclic) bond motifs is 1. The van der Waals surface area contributed by atoms with Crippen LogP contribution in [-0.2, 0) is 25.2 Å². The van der Waals surface area contributed by atoms with Gasteiger partial charge in [0.1, 0.15) is 0 Å². The molecule has 1 atom stereocenters. The van der Waals surface area contributed by atoms with Crippen LogP contribution in [0.3, 0.4) is 0 Å². The first-order chi connectivity index (χ1) is 14.9. The topological polar surface area (TPSA) is 58.3 Å². The Hall–Kier alpha value is -3.01. The maximum Gasteiger partial charge on any atom is 0.417 e. The predicted molar refractivity (Wildman–Crippen MR) is 104 cm³/mol. The number of aliphatic hydroxyl groups is 1. The average Bonchev–Trinajstić information content (AvgIpc) is 3.07. The van der Waals surface area contributed by atoms with E-state index in [-0.39, 0.29) is 23.0 Å². The lowest BCUT2D eigenvalue weighted by molar-refractivity contribution is -0.162. The lowest BCUT2D eigenvalue weighted by Gasteiger charge is -2.23. The molecule has 170 valence electrons. The molecule has 0 amide bonds. The lowest BCUT2D eigenvalue weighted by Crippen LogP contribution is -2.19. The smallest absolute Gasteiger partial charge is 0.417 e. The van der Waals surface area contributed by atoms with E-state index >= 15 is 0 Å². The number of aromatic nitrogens is 1. The summed E-state index contributed by atoms with van der Waals surface area (Å²) in [7, 11) is 0. The van der Waals surface area contributed by atoms with Gasteiger partial charge in [0, 0.05) is 17.7 Å². The van der Waals surface area contributed by atoms with Crippen LogP contribution in [-0.4, -0.2) is 16.2 Å². The van der Waals surface area contributed by atoms with Crippen LogP contribution in [0.4, 0.5) is 38.0 Å². The first-order valence-corrected chi connectivity index (χ1v) is 9.75. The summed E-state index contributed by atoms with van der Waals surface area (Å²) in [5.74, 6) is -0.0726. The van der Waals surface area contributed by atoms with E-state index in [0.29, 0.717) is 37.1 Å². The van der Waals surface area contributed by atoms with Crippen molar-refractivity contribution in [3.8, 4) is 11.3 Å². The molecule has 4 rings (SSSR count). The van der Waals surface area contributed by atoms with Gasteiger partial charge in [-0.1, -0.05) is 18.2 Å². The number of anilines is 2. The Labute approximate surface area is 178 Å². The summed E-state index contributed by atoms with van der Waals surface area (Å²) in [6.07, 6.45) is -9.05. The van der Waals surface area contributed by atoms with Gasteiger partial charge in [-0.15, -0.1) is 0 Å². The number of rotatable bonds is 3. The summed E-state index contributed by atoms with van der Waals surface area (Å²) in [6.45, 7) is 1.49. The normalized spacial score (nSPS) is 16.7. The van der Waals surface area contributed by atoms with Gasteiger partial charge in [0.25, 0.3) is 6.01 Å². The second-order valence-electron chi connectivity index (χ2n) is 7.65. The summed E-state index contributed by atoms with van der Waals surface area (Å²) in [5.41, 5.74) is -0.937. The van der Waals surface area contributed by atoms with Crippen molar-refractivity contribution in [1.82, 2.24) is 4.98 Å². The number of aryl methyl sites for hydroxylation is 2. The SMILES string of the molecule is Cc1nc(Nc2cccc3c2CC(O)CC3)oc1-c1ccc(C(F)(F)F)c(C(F)(F)F)c1. The van der Waals surface area contributed by atoms with Crippen molar-refractivity contribution in [2.45, 2.75) is 44.6 Å². The molecule has 1 heterocycles. The highest BCUT2D eigenvalue weighted by molar-refractivity contribution is 5.66. The van der Waals surface area contributed by atoms with Crippen LogP contribution in [0.15, 0.2) is 40.8 Å². The van der Waals surface area contributed by atoms with E-state index in [2.05, 4.69) is 10.3 Å². The predicted octanol–water partition coefficient (Wildman–Crippen LogP) is 6.28. The molecule has 3 aromatic rings. The van der Waals surface area contributed by atoms with Gasteiger partial charge in [-0.05, 0) is 49.1 Å². The number of hydrogen-bond donors (Lipinski definition) is 2. The summed E-state index contributed by atoms with van der Waals surface area (Å²) in [4.78, 5) is 4.17. The van der Waals surface area contributed by atoms with Crippen molar-refractivity contribution in [2.75, 3.05) is 5.32 Å². The van der Waals surface area contributed by atoms with Gasteiger partial charge >= 0.3 is 12.4 Å². The molecule has 2 N–H and O–H groups in total. The largest absolute Gasteiger partial charge is 0.423 e. The fourth-order valence-corrected chi connectivity index (χ4v) is 3.89. The molecule has 4 nitrogen and oxygen atoms in total.